The van der Waals surface area contributed by atoms with Gasteiger partial charge in [0.2, 0.25) is 5.91 Å². The lowest BCUT2D eigenvalue weighted by Gasteiger charge is -2.21. The minimum atomic E-state index is -0.841. The Balaban J connectivity index is 1.99. The molecule has 0 unspecified atom stereocenters. The van der Waals surface area contributed by atoms with Gasteiger partial charge in [-0.1, -0.05) is 0 Å². The number of nitrogens with zero attached hydrogens (tertiary/aromatic N) is 1. The van der Waals surface area contributed by atoms with Gasteiger partial charge in [-0.3, -0.25) is 15.0 Å². The molecular weight excluding hydrogens is 314 g/mol. The smallest absolute Gasteiger partial charge is 0.422 e. The van der Waals surface area contributed by atoms with Crippen molar-refractivity contribution >= 4 is 23.6 Å². The lowest BCUT2D eigenvalue weighted by molar-refractivity contribution is -0.121. The van der Waals surface area contributed by atoms with Crippen molar-refractivity contribution in [3.8, 4) is 5.75 Å². The third-order valence-electron chi connectivity index (χ3n) is 3.22. The molecule has 1 aromatic rings. The zero-order valence-electron chi connectivity index (χ0n) is 14.1. The fourth-order valence-corrected chi connectivity index (χ4v) is 2.20. The Morgan fingerprint density at radius 3 is 2.38 bits per heavy atom. The van der Waals surface area contributed by atoms with Gasteiger partial charge in [-0.05, 0) is 45.0 Å². The number of rotatable bonds is 4. The van der Waals surface area contributed by atoms with E-state index in [1.165, 1.54) is 7.11 Å². The number of imide groups is 1. The van der Waals surface area contributed by atoms with Crippen molar-refractivity contribution in [1.82, 2.24) is 10.9 Å². The van der Waals surface area contributed by atoms with Gasteiger partial charge in [0.1, 0.15) is 17.4 Å². The molecule has 0 aliphatic carbocycles. The molecular formula is C16H21N3O5. The molecule has 1 aliphatic rings. The van der Waals surface area contributed by atoms with E-state index in [-0.39, 0.29) is 12.3 Å². The van der Waals surface area contributed by atoms with Crippen LogP contribution in [0.15, 0.2) is 24.3 Å². The molecule has 24 heavy (non-hydrogen) atoms. The van der Waals surface area contributed by atoms with Crippen LogP contribution in [-0.2, 0) is 14.3 Å². The topological polar surface area (TPSA) is 97.0 Å². The second kappa shape index (κ2) is 6.88. The summed E-state index contributed by atoms with van der Waals surface area (Å²) in [6.07, 6.45) is -0.772. The summed E-state index contributed by atoms with van der Waals surface area (Å²) in [7, 11) is 1.53. The molecule has 2 rings (SSSR count). The van der Waals surface area contributed by atoms with Gasteiger partial charge in [0.25, 0.3) is 5.91 Å². The SMILES string of the molecule is COc1ccc(N2C(=O)C[C@H](NNC(=O)OC(C)(C)C)C2=O)cc1. The zero-order valence-corrected chi connectivity index (χ0v) is 14.1. The molecule has 1 saturated heterocycles. The first-order chi connectivity index (χ1) is 11.2. The molecule has 1 aliphatic heterocycles. The van der Waals surface area contributed by atoms with E-state index in [1.54, 1.807) is 45.0 Å². The highest BCUT2D eigenvalue weighted by atomic mass is 16.6. The molecule has 130 valence electrons. The van der Waals surface area contributed by atoms with Crippen molar-refractivity contribution in [3.05, 3.63) is 24.3 Å². The predicted octanol–water partition coefficient (Wildman–Crippen LogP) is 1.36. The average Bonchev–Trinajstić information content (AvgIpc) is 2.78. The molecule has 8 nitrogen and oxygen atoms in total. The van der Waals surface area contributed by atoms with E-state index in [4.69, 9.17) is 9.47 Å². The highest BCUT2D eigenvalue weighted by Crippen LogP contribution is 2.24. The van der Waals surface area contributed by atoms with Crippen molar-refractivity contribution in [1.29, 1.82) is 0 Å². The Bertz CT molecular complexity index is 636. The molecule has 0 bridgehead atoms. The number of nitrogens with one attached hydrogen (secondary N) is 2. The largest absolute Gasteiger partial charge is 0.497 e. The summed E-state index contributed by atoms with van der Waals surface area (Å²) in [5.41, 5.74) is 4.63. The molecule has 8 heteroatoms. The van der Waals surface area contributed by atoms with E-state index in [1.807, 2.05) is 0 Å². The number of hydrogen-bond donors (Lipinski definition) is 2. The quantitative estimate of drug-likeness (QED) is 0.637. The molecule has 0 aromatic heterocycles. The minimum Gasteiger partial charge on any atom is -0.497 e. The van der Waals surface area contributed by atoms with Gasteiger partial charge in [0, 0.05) is 0 Å². The van der Waals surface area contributed by atoms with E-state index in [2.05, 4.69) is 10.9 Å². The number of hydrazine groups is 1. The third kappa shape index (κ3) is 4.23. The van der Waals surface area contributed by atoms with Gasteiger partial charge in [-0.2, -0.15) is 0 Å². The fraction of sp³-hybridized carbons (Fsp3) is 0.438. The molecule has 3 amide bonds. The van der Waals surface area contributed by atoms with Crippen molar-refractivity contribution < 1.29 is 23.9 Å². The number of amides is 3. The maximum absolute atomic E-state index is 12.4. The molecule has 1 fully saturated rings. The van der Waals surface area contributed by atoms with Gasteiger partial charge in [0.15, 0.2) is 0 Å². The van der Waals surface area contributed by atoms with Gasteiger partial charge in [-0.15, -0.1) is 0 Å². The number of benzene rings is 1. The summed E-state index contributed by atoms with van der Waals surface area (Å²) < 4.78 is 10.1. The second-order valence-corrected chi connectivity index (χ2v) is 6.29. The lowest BCUT2D eigenvalue weighted by Crippen LogP contribution is -2.49. The van der Waals surface area contributed by atoms with Crippen LogP contribution in [0.25, 0.3) is 0 Å². The Kier molecular flexibility index (Phi) is 5.08. The highest BCUT2D eigenvalue weighted by Gasteiger charge is 2.39. The first kappa shape index (κ1) is 17.7. The van der Waals surface area contributed by atoms with Crippen molar-refractivity contribution in [3.63, 3.8) is 0 Å². The van der Waals surface area contributed by atoms with Crippen molar-refractivity contribution in [2.45, 2.75) is 38.8 Å². The standard InChI is InChI=1S/C16H21N3O5/c1-16(2,3)24-15(22)18-17-12-9-13(20)19(14(12)21)10-5-7-11(23-4)8-6-10/h5-8,12,17H,9H2,1-4H3,(H,18,22)/t12-/m0/s1. The van der Waals surface area contributed by atoms with Crippen molar-refractivity contribution in [2.75, 3.05) is 12.0 Å². The summed E-state index contributed by atoms with van der Waals surface area (Å²) in [4.78, 5) is 37.2. The molecule has 1 atom stereocenters. The third-order valence-corrected chi connectivity index (χ3v) is 3.22. The van der Waals surface area contributed by atoms with E-state index in [0.717, 1.165) is 4.90 Å². The number of methoxy groups -OCH3 is 1. The maximum Gasteiger partial charge on any atom is 0.422 e. The van der Waals surface area contributed by atoms with Crippen LogP contribution in [0.3, 0.4) is 0 Å². The molecule has 1 aromatic carbocycles. The minimum absolute atomic E-state index is 0.0549. The fourth-order valence-electron chi connectivity index (χ4n) is 2.20. The second-order valence-electron chi connectivity index (χ2n) is 6.29. The van der Waals surface area contributed by atoms with Crippen LogP contribution in [0, 0.1) is 0 Å². The summed E-state index contributed by atoms with van der Waals surface area (Å²) in [6.45, 7) is 5.17. The maximum atomic E-state index is 12.4. The summed E-state index contributed by atoms with van der Waals surface area (Å²) >= 11 is 0. The van der Waals surface area contributed by atoms with Gasteiger partial charge in [0.05, 0.1) is 19.2 Å². The average molecular weight is 335 g/mol. The van der Waals surface area contributed by atoms with E-state index in [0.29, 0.717) is 11.4 Å². The van der Waals surface area contributed by atoms with Gasteiger partial charge < -0.3 is 9.47 Å². The number of hydrogen-bond acceptors (Lipinski definition) is 6. The monoisotopic (exact) mass is 335 g/mol. The number of carbonyl (C=O) groups is 3. The molecule has 0 saturated carbocycles. The van der Waals surface area contributed by atoms with Gasteiger partial charge >= 0.3 is 6.09 Å². The van der Waals surface area contributed by atoms with Crippen LogP contribution in [0.4, 0.5) is 10.5 Å². The first-order valence-electron chi connectivity index (χ1n) is 7.46. The van der Waals surface area contributed by atoms with Crippen LogP contribution < -0.4 is 20.5 Å². The summed E-state index contributed by atoms with van der Waals surface area (Å²) in [6, 6.07) is 5.73. The van der Waals surface area contributed by atoms with Crippen LogP contribution in [0.1, 0.15) is 27.2 Å². The summed E-state index contributed by atoms with van der Waals surface area (Å²) in [5, 5.41) is 0. The van der Waals surface area contributed by atoms with E-state index >= 15 is 0 Å². The summed E-state index contributed by atoms with van der Waals surface area (Å²) in [5.74, 6) is -0.172. The Morgan fingerprint density at radius 2 is 1.83 bits per heavy atom. The van der Waals surface area contributed by atoms with Crippen LogP contribution in [0.2, 0.25) is 0 Å². The van der Waals surface area contributed by atoms with Crippen molar-refractivity contribution in [2.24, 2.45) is 0 Å². The lowest BCUT2D eigenvalue weighted by atomic mass is 10.2. The van der Waals surface area contributed by atoms with E-state index < -0.39 is 23.6 Å². The Hall–Kier alpha value is -2.61. The van der Waals surface area contributed by atoms with Crippen LogP contribution in [0.5, 0.6) is 5.75 Å². The molecule has 0 spiro atoms. The molecule has 2 N–H and O–H groups in total. The Morgan fingerprint density at radius 1 is 1.21 bits per heavy atom. The number of ether oxygens (including phenoxy) is 2. The number of anilines is 1. The predicted molar refractivity (Wildman–Crippen MR) is 86.4 cm³/mol. The van der Waals surface area contributed by atoms with Crippen LogP contribution in [-0.4, -0.2) is 36.7 Å². The zero-order chi connectivity index (χ0) is 17.9. The van der Waals surface area contributed by atoms with Gasteiger partial charge in [-0.25, -0.2) is 15.1 Å². The Labute approximate surface area is 140 Å². The molecule has 1 heterocycles. The van der Waals surface area contributed by atoms with Crippen LogP contribution >= 0.6 is 0 Å². The highest BCUT2D eigenvalue weighted by molar-refractivity contribution is 6.22. The van der Waals surface area contributed by atoms with E-state index in [9.17, 15) is 14.4 Å². The molecule has 0 radical (unpaired) electrons. The normalized spacial score (nSPS) is 17.8. The number of carbonyl (C=O) groups excluding carboxylic acids is 3. The first-order valence-corrected chi connectivity index (χ1v) is 7.46.